The highest BCUT2D eigenvalue weighted by atomic mass is 16.5. The van der Waals surface area contributed by atoms with Crippen molar-refractivity contribution in [2.45, 2.75) is 45.2 Å². The molecule has 2 aliphatic rings. The number of benzene rings is 1. The normalized spacial score (nSPS) is 20.9. The summed E-state index contributed by atoms with van der Waals surface area (Å²) >= 11 is 0. The summed E-state index contributed by atoms with van der Waals surface area (Å²) in [5, 5.41) is 3.11. The van der Waals surface area contributed by atoms with E-state index in [9.17, 15) is 9.59 Å². The number of hydrogen-bond donors (Lipinski definition) is 2. The molecule has 0 unspecified atom stereocenters. The predicted octanol–water partition coefficient (Wildman–Crippen LogP) is 1.61. The second kappa shape index (κ2) is 8.61. The molecule has 1 fully saturated rings. The number of hydrogen-bond acceptors (Lipinski definition) is 5. The number of carbonyl (C=O) groups excluding carboxylic acids is 2. The zero-order valence-corrected chi connectivity index (χ0v) is 16.1. The first-order chi connectivity index (χ1) is 13.0. The van der Waals surface area contributed by atoms with Crippen molar-refractivity contribution < 1.29 is 19.1 Å². The summed E-state index contributed by atoms with van der Waals surface area (Å²) in [5.74, 6) is 1.20. The first-order valence-corrected chi connectivity index (χ1v) is 9.68. The SMILES string of the molecule is CC(C)[C@@H](NC(=O)CN1CCC[C@H]1C(N)=O)c1ccc2c(c1)OCCCO2. The number of carbonyl (C=O) groups is 2. The minimum absolute atomic E-state index is 0.103. The number of amides is 2. The lowest BCUT2D eigenvalue weighted by Crippen LogP contribution is -2.46. The summed E-state index contributed by atoms with van der Waals surface area (Å²) in [6, 6.07) is 5.34. The zero-order valence-electron chi connectivity index (χ0n) is 16.1. The van der Waals surface area contributed by atoms with E-state index in [1.807, 2.05) is 23.1 Å². The van der Waals surface area contributed by atoms with Gasteiger partial charge < -0.3 is 20.5 Å². The number of nitrogens with two attached hydrogens (primary N) is 1. The Balaban J connectivity index is 1.69. The molecule has 148 valence electrons. The van der Waals surface area contributed by atoms with Crippen molar-refractivity contribution in [2.75, 3.05) is 26.3 Å². The van der Waals surface area contributed by atoms with Crippen LogP contribution in [-0.4, -0.2) is 49.1 Å². The van der Waals surface area contributed by atoms with Crippen molar-refractivity contribution in [2.24, 2.45) is 11.7 Å². The topological polar surface area (TPSA) is 93.9 Å². The third kappa shape index (κ3) is 4.71. The smallest absolute Gasteiger partial charge is 0.234 e. The Labute approximate surface area is 160 Å². The molecule has 1 aromatic rings. The number of nitrogens with one attached hydrogen (secondary N) is 1. The first-order valence-electron chi connectivity index (χ1n) is 9.68. The van der Waals surface area contributed by atoms with E-state index in [-0.39, 0.29) is 36.4 Å². The van der Waals surface area contributed by atoms with Gasteiger partial charge in [-0.05, 0) is 43.0 Å². The van der Waals surface area contributed by atoms with Gasteiger partial charge >= 0.3 is 0 Å². The van der Waals surface area contributed by atoms with Crippen molar-refractivity contribution in [3.8, 4) is 11.5 Å². The van der Waals surface area contributed by atoms with Crippen LogP contribution >= 0.6 is 0 Å². The van der Waals surface area contributed by atoms with Crippen LogP contribution in [0.5, 0.6) is 11.5 Å². The molecule has 2 amide bonds. The van der Waals surface area contributed by atoms with Gasteiger partial charge in [0.05, 0.1) is 31.8 Å². The lowest BCUT2D eigenvalue weighted by atomic mass is 9.95. The van der Waals surface area contributed by atoms with Gasteiger partial charge in [-0.2, -0.15) is 0 Å². The second-order valence-corrected chi connectivity index (χ2v) is 7.58. The van der Waals surface area contributed by atoms with Gasteiger partial charge in [0.1, 0.15) is 0 Å². The van der Waals surface area contributed by atoms with Crippen molar-refractivity contribution >= 4 is 11.8 Å². The van der Waals surface area contributed by atoms with E-state index in [2.05, 4.69) is 19.2 Å². The molecular weight excluding hydrogens is 346 g/mol. The van der Waals surface area contributed by atoms with Crippen molar-refractivity contribution in [3.05, 3.63) is 23.8 Å². The van der Waals surface area contributed by atoms with Gasteiger partial charge in [0.25, 0.3) is 0 Å². The molecule has 0 saturated carbocycles. The second-order valence-electron chi connectivity index (χ2n) is 7.58. The fourth-order valence-electron chi connectivity index (χ4n) is 3.75. The van der Waals surface area contributed by atoms with Gasteiger partial charge in [0.15, 0.2) is 11.5 Å². The lowest BCUT2D eigenvalue weighted by molar-refractivity contribution is -0.126. The van der Waals surface area contributed by atoms with Crippen LogP contribution in [0, 0.1) is 5.92 Å². The summed E-state index contributed by atoms with van der Waals surface area (Å²) in [6.07, 6.45) is 2.46. The van der Waals surface area contributed by atoms with Gasteiger partial charge in [-0.1, -0.05) is 19.9 Å². The molecule has 1 aromatic carbocycles. The Hall–Kier alpha value is -2.28. The highest BCUT2D eigenvalue weighted by Gasteiger charge is 2.31. The monoisotopic (exact) mass is 375 g/mol. The third-order valence-electron chi connectivity index (χ3n) is 5.15. The van der Waals surface area contributed by atoms with Crippen molar-refractivity contribution in [1.29, 1.82) is 0 Å². The molecule has 1 saturated heterocycles. The van der Waals surface area contributed by atoms with E-state index >= 15 is 0 Å². The molecule has 7 heteroatoms. The summed E-state index contributed by atoms with van der Waals surface area (Å²) in [5.41, 5.74) is 6.43. The molecule has 27 heavy (non-hydrogen) atoms. The molecule has 3 rings (SSSR count). The molecule has 0 spiro atoms. The molecule has 0 radical (unpaired) electrons. The van der Waals surface area contributed by atoms with Crippen LogP contribution in [0.15, 0.2) is 18.2 Å². The predicted molar refractivity (Wildman–Crippen MR) is 102 cm³/mol. The highest BCUT2D eigenvalue weighted by molar-refractivity contribution is 5.83. The lowest BCUT2D eigenvalue weighted by Gasteiger charge is -2.26. The van der Waals surface area contributed by atoms with E-state index in [4.69, 9.17) is 15.2 Å². The number of rotatable bonds is 6. The van der Waals surface area contributed by atoms with Gasteiger partial charge in [0, 0.05) is 6.42 Å². The summed E-state index contributed by atoms with van der Waals surface area (Å²) in [4.78, 5) is 26.0. The van der Waals surface area contributed by atoms with E-state index in [0.29, 0.717) is 13.2 Å². The fraction of sp³-hybridized carbons (Fsp3) is 0.600. The number of primary amides is 1. The Morgan fingerprint density at radius 1 is 1.22 bits per heavy atom. The van der Waals surface area contributed by atoms with E-state index in [1.165, 1.54) is 0 Å². The number of likely N-dealkylation sites (tertiary alicyclic amines) is 1. The van der Waals surface area contributed by atoms with Gasteiger partial charge in [-0.3, -0.25) is 14.5 Å². The highest BCUT2D eigenvalue weighted by Crippen LogP contribution is 2.34. The average Bonchev–Trinajstić information content (AvgIpc) is 2.95. The zero-order chi connectivity index (χ0) is 19.4. The average molecular weight is 375 g/mol. The van der Waals surface area contributed by atoms with E-state index in [1.54, 1.807) is 0 Å². The fourth-order valence-corrected chi connectivity index (χ4v) is 3.75. The molecular formula is C20H29N3O4. The van der Waals surface area contributed by atoms with Crippen LogP contribution < -0.4 is 20.5 Å². The number of nitrogens with zero attached hydrogens (tertiary/aromatic N) is 1. The summed E-state index contributed by atoms with van der Waals surface area (Å²) < 4.78 is 11.5. The van der Waals surface area contributed by atoms with Crippen LogP contribution in [0.3, 0.4) is 0 Å². The molecule has 7 nitrogen and oxygen atoms in total. The standard InChI is InChI=1S/C20H29N3O4/c1-13(2)19(14-6-7-16-17(11-14)27-10-4-9-26-16)22-18(24)12-23-8-3-5-15(23)20(21)25/h6-7,11,13,15,19H,3-5,8-10,12H2,1-2H3,(H2,21,25)(H,22,24)/t15-,19+/m0/s1. The first kappa shape index (κ1) is 19.5. The largest absolute Gasteiger partial charge is 0.490 e. The van der Waals surface area contributed by atoms with Gasteiger partial charge in [-0.25, -0.2) is 0 Å². The summed E-state index contributed by atoms with van der Waals surface area (Å²) in [6.45, 7) is 6.30. The van der Waals surface area contributed by atoms with Crippen LogP contribution in [-0.2, 0) is 9.59 Å². The van der Waals surface area contributed by atoms with E-state index in [0.717, 1.165) is 42.9 Å². The van der Waals surface area contributed by atoms with Crippen LogP contribution in [0.4, 0.5) is 0 Å². The molecule has 0 bridgehead atoms. The molecule has 0 aliphatic carbocycles. The molecule has 2 heterocycles. The molecule has 0 aromatic heterocycles. The minimum Gasteiger partial charge on any atom is -0.490 e. The van der Waals surface area contributed by atoms with E-state index < -0.39 is 0 Å². The third-order valence-corrected chi connectivity index (χ3v) is 5.15. The number of fused-ring (bicyclic) bond motifs is 1. The molecule has 2 atom stereocenters. The van der Waals surface area contributed by atoms with Gasteiger partial charge in [0.2, 0.25) is 11.8 Å². The number of ether oxygens (including phenoxy) is 2. The maximum atomic E-state index is 12.6. The van der Waals surface area contributed by atoms with Crippen LogP contribution in [0.25, 0.3) is 0 Å². The van der Waals surface area contributed by atoms with Crippen LogP contribution in [0.2, 0.25) is 0 Å². The van der Waals surface area contributed by atoms with Crippen LogP contribution in [0.1, 0.15) is 44.7 Å². The maximum absolute atomic E-state index is 12.6. The Morgan fingerprint density at radius 3 is 2.67 bits per heavy atom. The molecule has 2 aliphatic heterocycles. The summed E-state index contributed by atoms with van der Waals surface area (Å²) in [7, 11) is 0. The quantitative estimate of drug-likeness (QED) is 0.788. The Bertz CT molecular complexity index is 692. The minimum atomic E-state index is -0.358. The van der Waals surface area contributed by atoms with Gasteiger partial charge in [-0.15, -0.1) is 0 Å². The Kier molecular flexibility index (Phi) is 6.21. The maximum Gasteiger partial charge on any atom is 0.234 e. The van der Waals surface area contributed by atoms with Crippen molar-refractivity contribution in [1.82, 2.24) is 10.2 Å². The Morgan fingerprint density at radius 2 is 1.96 bits per heavy atom. The van der Waals surface area contributed by atoms with Crippen molar-refractivity contribution in [3.63, 3.8) is 0 Å². The molecule has 3 N–H and O–H groups in total.